The van der Waals surface area contributed by atoms with E-state index in [4.69, 9.17) is 4.74 Å². The Hall–Kier alpha value is -1.97. The highest BCUT2D eigenvalue weighted by Gasteiger charge is 2.17. The topological polar surface area (TPSA) is 32.8 Å². The molecule has 0 atom stereocenters. The molecule has 1 aliphatic rings. The average molecular weight is 274 g/mol. The lowest BCUT2D eigenvalue weighted by molar-refractivity contribution is -0.137. The Morgan fingerprint density at radius 1 is 1.20 bits per heavy atom. The van der Waals surface area contributed by atoms with Gasteiger partial charge in [-0.3, -0.25) is 0 Å². The van der Waals surface area contributed by atoms with Crippen molar-refractivity contribution in [2.75, 3.05) is 37.7 Å². The van der Waals surface area contributed by atoms with E-state index in [1.54, 1.807) is 6.08 Å². The maximum absolute atomic E-state index is 11.4. The summed E-state index contributed by atoms with van der Waals surface area (Å²) in [6, 6.07) is 10.4. The molecule has 108 valence electrons. The van der Waals surface area contributed by atoms with Crippen molar-refractivity contribution in [2.24, 2.45) is 0 Å². The van der Waals surface area contributed by atoms with Gasteiger partial charge in [0.2, 0.25) is 0 Å². The number of anilines is 1. The van der Waals surface area contributed by atoms with E-state index in [-0.39, 0.29) is 5.97 Å². The highest BCUT2D eigenvalue weighted by Crippen LogP contribution is 2.17. The van der Waals surface area contributed by atoms with Crippen molar-refractivity contribution < 1.29 is 9.53 Å². The van der Waals surface area contributed by atoms with Crippen LogP contribution in [0.25, 0.3) is 0 Å². The first kappa shape index (κ1) is 14.4. The molecule has 0 radical (unpaired) electrons. The van der Waals surface area contributed by atoms with Crippen LogP contribution >= 0.6 is 0 Å². The molecule has 0 aliphatic carbocycles. The van der Waals surface area contributed by atoms with E-state index in [2.05, 4.69) is 34.1 Å². The molecular formula is C16H22N2O2. The molecule has 0 saturated carbocycles. The molecule has 1 fully saturated rings. The van der Waals surface area contributed by atoms with Gasteiger partial charge in [-0.25, -0.2) is 4.79 Å². The number of piperazine rings is 1. The zero-order valence-electron chi connectivity index (χ0n) is 12.2. The van der Waals surface area contributed by atoms with Gasteiger partial charge < -0.3 is 14.5 Å². The third-order valence-electron chi connectivity index (χ3n) is 3.51. The first-order valence-corrected chi connectivity index (χ1v) is 7.10. The van der Waals surface area contributed by atoms with Crippen LogP contribution in [0, 0.1) is 0 Å². The molecule has 1 aromatic rings. The second kappa shape index (κ2) is 6.98. The number of allylic oxidation sites excluding steroid dienone is 1. The van der Waals surface area contributed by atoms with E-state index >= 15 is 0 Å². The molecule has 0 N–H and O–H groups in total. The van der Waals surface area contributed by atoms with Crippen LogP contribution in [0.1, 0.15) is 13.8 Å². The lowest BCUT2D eigenvalue weighted by Crippen LogP contribution is -2.45. The summed E-state index contributed by atoms with van der Waals surface area (Å²) in [6.07, 6.45) is 1.58. The smallest absolute Gasteiger partial charge is 0.332 e. The fourth-order valence-corrected chi connectivity index (χ4v) is 2.40. The highest BCUT2D eigenvalue weighted by atomic mass is 16.5. The van der Waals surface area contributed by atoms with Gasteiger partial charge in [0.15, 0.2) is 0 Å². The second-order valence-corrected chi connectivity index (χ2v) is 4.85. The maximum Gasteiger partial charge on any atom is 0.332 e. The number of para-hydroxylation sites is 1. The lowest BCUT2D eigenvalue weighted by atomic mass is 10.2. The van der Waals surface area contributed by atoms with Crippen LogP contribution < -0.4 is 4.90 Å². The summed E-state index contributed by atoms with van der Waals surface area (Å²) in [5.74, 6) is -0.254. The number of hydrogen-bond acceptors (Lipinski definition) is 4. The Morgan fingerprint density at radius 3 is 2.45 bits per heavy atom. The SMILES string of the molecule is CCOC(=O)C=C(C)N1CCN(c2ccccc2)CC1. The number of hydrogen-bond donors (Lipinski definition) is 0. The molecule has 0 bridgehead atoms. The highest BCUT2D eigenvalue weighted by molar-refractivity contribution is 5.82. The van der Waals surface area contributed by atoms with Crippen molar-refractivity contribution >= 4 is 11.7 Å². The molecule has 0 spiro atoms. The Labute approximate surface area is 120 Å². The quantitative estimate of drug-likeness (QED) is 0.623. The number of benzene rings is 1. The second-order valence-electron chi connectivity index (χ2n) is 4.85. The molecule has 4 heteroatoms. The molecule has 4 nitrogen and oxygen atoms in total. The third-order valence-corrected chi connectivity index (χ3v) is 3.51. The molecule has 1 heterocycles. The largest absolute Gasteiger partial charge is 0.463 e. The third kappa shape index (κ3) is 3.76. The van der Waals surface area contributed by atoms with Gasteiger partial charge in [-0.05, 0) is 26.0 Å². The normalized spacial score (nSPS) is 16.2. The van der Waals surface area contributed by atoms with Gasteiger partial charge in [-0.1, -0.05) is 18.2 Å². The van der Waals surface area contributed by atoms with Gasteiger partial charge in [-0.15, -0.1) is 0 Å². The van der Waals surface area contributed by atoms with Gasteiger partial charge in [0.25, 0.3) is 0 Å². The summed E-state index contributed by atoms with van der Waals surface area (Å²) in [6.45, 7) is 8.00. The minimum absolute atomic E-state index is 0.254. The van der Waals surface area contributed by atoms with Crippen molar-refractivity contribution in [3.8, 4) is 0 Å². The van der Waals surface area contributed by atoms with E-state index in [1.165, 1.54) is 5.69 Å². The first-order valence-electron chi connectivity index (χ1n) is 7.10. The summed E-state index contributed by atoms with van der Waals surface area (Å²) in [7, 11) is 0. The predicted octanol–water partition coefficient (Wildman–Crippen LogP) is 2.28. The van der Waals surface area contributed by atoms with Crippen LogP contribution in [0.5, 0.6) is 0 Å². The number of carbonyl (C=O) groups excluding carboxylic acids is 1. The van der Waals surface area contributed by atoms with Gasteiger partial charge >= 0.3 is 5.97 Å². The molecular weight excluding hydrogens is 252 g/mol. The first-order chi connectivity index (χ1) is 9.70. The van der Waals surface area contributed by atoms with Crippen LogP contribution in [-0.2, 0) is 9.53 Å². The van der Waals surface area contributed by atoms with Crippen LogP contribution in [0.2, 0.25) is 0 Å². The Kier molecular flexibility index (Phi) is 5.04. The number of nitrogens with zero attached hydrogens (tertiary/aromatic N) is 2. The zero-order valence-corrected chi connectivity index (χ0v) is 12.2. The molecule has 1 saturated heterocycles. The van der Waals surface area contributed by atoms with Crippen molar-refractivity contribution in [1.82, 2.24) is 4.90 Å². The summed E-state index contributed by atoms with van der Waals surface area (Å²) >= 11 is 0. The van der Waals surface area contributed by atoms with Gasteiger partial charge in [0.1, 0.15) is 0 Å². The molecule has 20 heavy (non-hydrogen) atoms. The zero-order chi connectivity index (χ0) is 14.4. The van der Waals surface area contributed by atoms with Crippen molar-refractivity contribution in [2.45, 2.75) is 13.8 Å². The molecule has 2 rings (SSSR count). The van der Waals surface area contributed by atoms with Gasteiger partial charge in [0, 0.05) is 43.6 Å². The minimum Gasteiger partial charge on any atom is -0.463 e. The lowest BCUT2D eigenvalue weighted by Gasteiger charge is -2.37. The maximum atomic E-state index is 11.4. The number of rotatable bonds is 4. The van der Waals surface area contributed by atoms with E-state index in [1.807, 2.05) is 19.9 Å². The Morgan fingerprint density at radius 2 is 1.85 bits per heavy atom. The fraction of sp³-hybridized carbons (Fsp3) is 0.438. The van der Waals surface area contributed by atoms with Crippen LogP contribution in [0.3, 0.4) is 0 Å². The molecule has 1 aliphatic heterocycles. The molecule has 0 unspecified atom stereocenters. The van der Waals surface area contributed by atoms with Crippen LogP contribution in [-0.4, -0.2) is 43.7 Å². The van der Waals surface area contributed by atoms with Crippen molar-refractivity contribution in [1.29, 1.82) is 0 Å². The minimum atomic E-state index is -0.254. The fourth-order valence-electron chi connectivity index (χ4n) is 2.40. The molecule has 0 amide bonds. The van der Waals surface area contributed by atoms with Crippen molar-refractivity contribution in [3.05, 3.63) is 42.1 Å². The standard InChI is InChI=1S/C16H22N2O2/c1-3-20-16(19)13-14(2)17-9-11-18(12-10-17)15-7-5-4-6-8-15/h4-8,13H,3,9-12H2,1-2H3. The summed E-state index contributed by atoms with van der Waals surface area (Å²) in [5.41, 5.74) is 2.25. The van der Waals surface area contributed by atoms with Gasteiger partial charge in [-0.2, -0.15) is 0 Å². The Bertz CT molecular complexity index is 463. The monoisotopic (exact) mass is 274 g/mol. The van der Waals surface area contributed by atoms with Crippen LogP contribution in [0.15, 0.2) is 42.1 Å². The van der Waals surface area contributed by atoms with E-state index < -0.39 is 0 Å². The summed E-state index contributed by atoms with van der Waals surface area (Å²) in [4.78, 5) is 16.0. The Balaban J connectivity index is 1.89. The number of esters is 1. The van der Waals surface area contributed by atoms with E-state index in [0.717, 1.165) is 31.9 Å². The number of carbonyl (C=O) groups is 1. The predicted molar refractivity (Wildman–Crippen MR) is 80.6 cm³/mol. The van der Waals surface area contributed by atoms with E-state index in [0.29, 0.717) is 6.61 Å². The summed E-state index contributed by atoms with van der Waals surface area (Å²) in [5, 5.41) is 0. The summed E-state index contributed by atoms with van der Waals surface area (Å²) < 4.78 is 4.94. The molecule has 1 aromatic carbocycles. The van der Waals surface area contributed by atoms with Gasteiger partial charge in [0.05, 0.1) is 6.61 Å². The average Bonchev–Trinajstić information content (AvgIpc) is 2.48. The number of ether oxygens (including phenoxy) is 1. The van der Waals surface area contributed by atoms with Crippen LogP contribution in [0.4, 0.5) is 5.69 Å². The molecule has 0 aromatic heterocycles. The van der Waals surface area contributed by atoms with Crippen molar-refractivity contribution in [3.63, 3.8) is 0 Å². The van der Waals surface area contributed by atoms with E-state index in [9.17, 15) is 4.79 Å².